The van der Waals surface area contributed by atoms with Crippen LogP contribution in [0, 0.1) is 23.7 Å². The van der Waals surface area contributed by atoms with E-state index in [0.29, 0.717) is 23.7 Å². The van der Waals surface area contributed by atoms with E-state index >= 15 is 0 Å². The van der Waals surface area contributed by atoms with Crippen LogP contribution >= 0.6 is 0 Å². The highest BCUT2D eigenvalue weighted by Gasteiger charge is 2.66. The van der Waals surface area contributed by atoms with Crippen LogP contribution in [-0.2, 0) is 10.2 Å². The Morgan fingerprint density at radius 1 is 1.20 bits per heavy atom. The fraction of sp³-hybridized carbons (Fsp3) is 0.588. The lowest BCUT2D eigenvalue weighted by Crippen LogP contribution is -2.43. The number of rotatable bonds is 3. The minimum atomic E-state index is -0.709. The molecule has 5 unspecified atom stereocenters. The molecule has 4 fully saturated rings. The average Bonchev–Trinajstić information content (AvgIpc) is 2.77. The molecule has 0 radical (unpaired) electrons. The molecule has 106 valence electrons. The number of hydrogen-bond donors (Lipinski definition) is 2. The van der Waals surface area contributed by atoms with Crippen molar-refractivity contribution < 1.29 is 15.0 Å². The van der Waals surface area contributed by atoms with E-state index in [4.69, 9.17) is 0 Å². The third-order valence-electron chi connectivity index (χ3n) is 6.28. The maximum Gasteiger partial charge on any atom is 0.304 e. The Bertz CT molecular complexity index is 536. The van der Waals surface area contributed by atoms with E-state index in [0.717, 1.165) is 19.3 Å². The monoisotopic (exact) mass is 272 g/mol. The molecule has 1 aromatic rings. The molecule has 2 N–H and O–H groups in total. The molecule has 0 saturated heterocycles. The highest BCUT2D eigenvalue weighted by molar-refractivity contribution is 5.70. The normalized spacial score (nSPS) is 45.0. The summed E-state index contributed by atoms with van der Waals surface area (Å²) in [7, 11) is 0. The smallest absolute Gasteiger partial charge is 0.304 e. The molecule has 4 aliphatic rings. The number of aliphatic hydroxyl groups is 1. The lowest BCUT2D eigenvalue weighted by molar-refractivity contribution is -0.140. The van der Waals surface area contributed by atoms with Crippen molar-refractivity contribution in [3.63, 3.8) is 0 Å². The standard InChI is InChI=1S/C17H20O3/c18-15(19)9-17(11-4-2-1-3-5-11)12-6-10-7-14(17)13(8-12)16(10)20/h1-5,10,12-14,16,20H,6-9H2,(H,18,19)/t10?,12?,13?,14?,16-,17?/m0/s1. The Balaban J connectivity index is 1.84. The van der Waals surface area contributed by atoms with Crippen LogP contribution in [0.15, 0.2) is 30.3 Å². The largest absolute Gasteiger partial charge is 0.481 e. The van der Waals surface area contributed by atoms with Gasteiger partial charge in [0, 0.05) is 5.41 Å². The van der Waals surface area contributed by atoms with Crippen molar-refractivity contribution in [2.24, 2.45) is 23.7 Å². The fourth-order valence-electron chi connectivity index (χ4n) is 5.70. The molecular formula is C17H20O3. The van der Waals surface area contributed by atoms with Crippen LogP contribution in [0.5, 0.6) is 0 Å². The number of aliphatic hydroxyl groups excluding tert-OH is 1. The van der Waals surface area contributed by atoms with Crippen LogP contribution in [0.3, 0.4) is 0 Å². The second kappa shape index (κ2) is 4.08. The van der Waals surface area contributed by atoms with Crippen LogP contribution in [0.4, 0.5) is 0 Å². The summed E-state index contributed by atoms with van der Waals surface area (Å²) in [4.78, 5) is 11.5. The molecule has 0 spiro atoms. The summed E-state index contributed by atoms with van der Waals surface area (Å²) in [6.07, 6.45) is 3.02. The van der Waals surface area contributed by atoms with Crippen LogP contribution in [0.25, 0.3) is 0 Å². The molecule has 3 nitrogen and oxygen atoms in total. The molecule has 20 heavy (non-hydrogen) atoms. The van der Waals surface area contributed by atoms with Gasteiger partial charge in [-0.2, -0.15) is 0 Å². The van der Waals surface area contributed by atoms with Crippen molar-refractivity contribution >= 4 is 5.97 Å². The van der Waals surface area contributed by atoms with Gasteiger partial charge >= 0.3 is 5.97 Å². The molecule has 5 rings (SSSR count). The Morgan fingerprint density at radius 3 is 2.65 bits per heavy atom. The van der Waals surface area contributed by atoms with Crippen molar-refractivity contribution in [1.29, 1.82) is 0 Å². The van der Waals surface area contributed by atoms with Crippen LogP contribution in [0.2, 0.25) is 0 Å². The zero-order chi connectivity index (χ0) is 13.9. The second-order valence-electron chi connectivity index (χ2n) is 6.90. The summed E-state index contributed by atoms with van der Waals surface area (Å²) in [6, 6.07) is 10.2. The maximum atomic E-state index is 11.5. The molecule has 4 aliphatic carbocycles. The number of carboxylic acids is 1. The van der Waals surface area contributed by atoms with Crippen molar-refractivity contribution in [3.05, 3.63) is 35.9 Å². The Hall–Kier alpha value is -1.35. The van der Waals surface area contributed by atoms with Gasteiger partial charge in [-0.3, -0.25) is 4.79 Å². The third-order valence-corrected chi connectivity index (χ3v) is 6.28. The van der Waals surface area contributed by atoms with Gasteiger partial charge < -0.3 is 10.2 Å². The van der Waals surface area contributed by atoms with Gasteiger partial charge in [0.15, 0.2) is 0 Å². The van der Waals surface area contributed by atoms with E-state index in [1.807, 2.05) is 18.2 Å². The first kappa shape index (κ1) is 12.4. The number of carbonyl (C=O) groups is 1. The molecule has 4 bridgehead atoms. The first-order chi connectivity index (χ1) is 9.63. The molecule has 6 atom stereocenters. The number of aliphatic carboxylic acids is 1. The zero-order valence-corrected chi connectivity index (χ0v) is 11.4. The molecule has 3 heteroatoms. The summed E-state index contributed by atoms with van der Waals surface area (Å²) in [5.74, 6) is 0.796. The third kappa shape index (κ3) is 1.42. The lowest BCUT2D eigenvalue weighted by Gasteiger charge is -2.44. The predicted octanol–water partition coefficient (Wildman–Crippen LogP) is 2.44. The second-order valence-corrected chi connectivity index (χ2v) is 6.90. The topological polar surface area (TPSA) is 57.5 Å². The van der Waals surface area contributed by atoms with Gasteiger partial charge in [0.25, 0.3) is 0 Å². The lowest BCUT2D eigenvalue weighted by atomic mass is 9.59. The predicted molar refractivity (Wildman–Crippen MR) is 74.2 cm³/mol. The number of hydrogen-bond acceptors (Lipinski definition) is 2. The molecular weight excluding hydrogens is 252 g/mol. The van der Waals surface area contributed by atoms with Crippen molar-refractivity contribution in [3.8, 4) is 0 Å². The Morgan fingerprint density at radius 2 is 1.95 bits per heavy atom. The fourth-order valence-corrected chi connectivity index (χ4v) is 5.70. The summed E-state index contributed by atoms with van der Waals surface area (Å²) >= 11 is 0. The van der Waals surface area contributed by atoms with Crippen LogP contribution in [0.1, 0.15) is 31.2 Å². The molecule has 0 amide bonds. The van der Waals surface area contributed by atoms with Gasteiger partial charge in [0.2, 0.25) is 0 Å². The highest BCUT2D eigenvalue weighted by Crippen LogP contribution is 2.68. The van der Waals surface area contributed by atoms with Gasteiger partial charge in [-0.05, 0) is 48.5 Å². The van der Waals surface area contributed by atoms with Gasteiger partial charge in [0.05, 0.1) is 12.5 Å². The number of carboxylic acid groups (broad SMARTS) is 1. The van der Waals surface area contributed by atoms with Gasteiger partial charge in [-0.15, -0.1) is 0 Å². The summed E-state index contributed by atoms with van der Waals surface area (Å²) in [5, 5.41) is 19.8. The summed E-state index contributed by atoms with van der Waals surface area (Å²) in [6.45, 7) is 0. The Labute approximate surface area is 118 Å². The zero-order valence-electron chi connectivity index (χ0n) is 11.4. The molecule has 0 aliphatic heterocycles. The average molecular weight is 272 g/mol. The van der Waals surface area contributed by atoms with E-state index < -0.39 is 5.97 Å². The van der Waals surface area contributed by atoms with E-state index in [9.17, 15) is 15.0 Å². The van der Waals surface area contributed by atoms with Crippen molar-refractivity contribution in [2.75, 3.05) is 0 Å². The van der Waals surface area contributed by atoms with Crippen LogP contribution in [-0.4, -0.2) is 22.3 Å². The van der Waals surface area contributed by atoms with Crippen molar-refractivity contribution in [2.45, 2.75) is 37.2 Å². The summed E-state index contributed by atoms with van der Waals surface area (Å²) < 4.78 is 0. The summed E-state index contributed by atoms with van der Waals surface area (Å²) in [5.41, 5.74) is 0.929. The molecule has 1 aromatic carbocycles. The van der Waals surface area contributed by atoms with E-state index in [-0.39, 0.29) is 17.9 Å². The maximum absolute atomic E-state index is 11.5. The Kier molecular flexibility index (Phi) is 2.53. The van der Waals surface area contributed by atoms with Gasteiger partial charge in [-0.25, -0.2) is 0 Å². The molecule has 4 saturated carbocycles. The first-order valence-corrected chi connectivity index (χ1v) is 7.58. The van der Waals surface area contributed by atoms with Gasteiger partial charge in [0.1, 0.15) is 0 Å². The molecule has 0 aromatic heterocycles. The molecule has 0 heterocycles. The van der Waals surface area contributed by atoms with Crippen LogP contribution < -0.4 is 0 Å². The minimum absolute atomic E-state index is 0.198. The van der Waals surface area contributed by atoms with Crippen molar-refractivity contribution in [1.82, 2.24) is 0 Å². The van der Waals surface area contributed by atoms with E-state index in [2.05, 4.69) is 12.1 Å². The van der Waals surface area contributed by atoms with E-state index in [1.165, 1.54) is 5.56 Å². The first-order valence-electron chi connectivity index (χ1n) is 7.58. The SMILES string of the molecule is O=C(O)CC1(c2ccccc2)C2CC3CC1C(C2)[C@H]3O. The quantitative estimate of drug-likeness (QED) is 0.888. The van der Waals surface area contributed by atoms with Gasteiger partial charge in [-0.1, -0.05) is 30.3 Å². The minimum Gasteiger partial charge on any atom is -0.481 e. The number of benzene rings is 1. The van der Waals surface area contributed by atoms with E-state index in [1.54, 1.807) is 0 Å². The highest BCUT2D eigenvalue weighted by atomic mass is 16.4.